The van der Waals surface area contributed by atoms with E-state index in [1.807, 2.05) is 0 Å². The van der Waals surface area contributed by atoms with Crippen LogP contribution >= 0.6 is 0 Å². The van der Waals surface area contributed by atoms with E-state index in [1.54, 1.807) is 0 Å². The number of hydrogen-bond acceptors (Lipinski definition) is 0. The zero-order chi connectivity index (χ0) is 24.3. The number of hydrogen-bond donors (Lipinski definition) is 0. The van der Waals surface area contributed by atoms with Gasteiger partial charge in [0.15, 0.2) is 29.1 Å². The molecule has 8 heteroatoms. The summed E-state index contributed by atoms with van der Waals surface area (Å²) in [6, 6.07) is 8.78. The highest BCUT2D eigenvalue weighted by atomic mass is 19.2. The summed E-state index contributed by atoms with van der Waals surface area (Å²) in [6.45, 7) is 0. The number of benzene rings is 5. The summed E-state index contributed by atoms with van der Waals surface area (Å²) in [7, 11) is 0. The minimum absolute atomic E-state index is 0.0665. The van der Waals surface area contributed by atoms with Crippen LogP contribution in [0.4, 0.5) is 35.1 Å². The van der Waals surface area contributed by atoms with Crippen molar-refractivity contribution in [2.45, 2.75) is 0 Å². The van der Waals surface area contributed by atoms with Crippen LogP contribution in [-0.2, 0) is 0 Å². The third kappa shape index (κ3) is 3.21. The van der Waals surface area contributed by atoms with Crippen molar-refractivity contribution in [2.75, 3.05) is 0 Å². The van der Waals surface area contributed by atoms with Crippen LogP contribution in [0, 0.1) is 46.5 Å². The van der Waals surface area contributed by atoms with E-state index in [0.29, 0.717) is 12.1 Å². The van der Waals surface area contributed by atoms with E-state index >= 15 is 13.2 Å². The molecule has 0 saturated carbocycles. The van der Waals surface area contributed by atoms with Gasteiger partial charge in [-0.3, -0.25) is 0 Å². The van der Waals surface area contributed by atoms with Crippen molar-refractivity contribution < 1.29 is 35.1 Å². The molecule has 0 aliphatic rings. The fourth-order valence-electron chi connectivity index (χ4n) is 4.23. The van der Waals surface area contributed by atoms with Crippen LogP contribution in [0.25, 0.3) is 43.8 Å². The molecule has 0 fully saturated rings. The van der Waals surface area contributed by atoms with E-state index in [4.69, 9.17) is 0 Å². The molecule has 0 amide bonds. The second-order valence-corrected chi connectivity index (χ2v) is 7.57. The molecular weight excluding hydrogens is 464 g/mol. The van der Waals surface area contributed by atoms with E-state index in [9.17, 15) is 22.0 Å². The van der Waals surface area contributed by atoms with Crippen LogP contribution in [0.5, 0.6) is 0 Å². The van der Waals surface area contributed by atoms with Gasteiger partial charge in [-0.1, -0.05) is 18.2 Å². The van der Waals surface area contributed by atoms with E-state index in [1.165, 1.54) is 12.1 Å². The third-order valence-corrected chi connectivity index (χ3v) is 5.62. The number of halogens is 8. The lowest BCUT2D eigenvalue weighted by Gasteiger charge is -2.19. The number of fused-ring (bicyclic) bond motifs is 2. The maximum Gasteiger partial charge on any atom is 0.194 e. The Kier molecular flexibility index (Phi) is 5.04. The zero-order valence-corrected chi connectivity index (χ0v) is 16.8. The van der Waals surface area contributed by atoms with Gasteiger partial charge in [-0.15, -0.1) is 0 Å². The van der Waals surface area contributed by atoms with Crippen molar-refractivity contribution in [3.8, 4) is 22.3 Å². The average molecular weight is 474 g/mol. The van der Waals surface area contributed by atoms with Crippen molar-refractivity contribution in [3.63, 3.8) is 0 Å². The summed E-state index contributed by atoms with van der Waals surface area (Å²) in [6.07, 6.45) is 0. The van der Waals surface area contributed by atoms with E-state index in [2.05, 4.69) is 0 Å². The minimum atomic E-state index is -1.79. The Balaban J connectivity index is 2.09. The molecule has 0 unspecified atom stereocenters. The van der Waals surface area contributed by atoms with Gasteiger partial charge in [0, 0.05) is 27.3 Å². The Morgan fingerprint density at radius 3 is 1.53 bits per heavy atom. The second kappa shape index (κ2) is 7.83. The standard InChI is InChI=1S/C26H10F8/c27-14-5-4-11(8-18(14)31)21-13-2-1-3-15(28)23(13)22(12-9-19(32)26(34)20(33)10-12)25-17(30)7-6-16(29)24(21)25/h1-10H. The molecule has 0 bridgehead atoms. The Bertz CT molecular complexity index is 1620. The van der Waals surface area contributed by atoms with Crippen LogP contribution < -0.4 is 0 Å². The van der Waals surface area contributed by atoms with Crippen LogP contribution in [0.2, 0.25) is 0 Å². The highest BCUT2D eigenvalue weighted by molar-refractivity contribution is 6.21. The summed E-state index contributed by atoms with van der Waals surface area (Å²) in [5.74, 6) is -10.5. The van der Waals surface area contributed by atoms with Gasteiger partial charge in [-0.05, 0) is 59.0 Å². The van der Waals surface area contributed by atoms with Crippen molar-refractivity contribution in [2.24, 2.45) is 0 Å². The molecule has 0 saturated heterocycles. The maximum atomic E-state index is 15.2. The number of rotatable bonds is 2. The molecule has 0 spiro atoms. The van der Waals surface area contributed by atoms with Gasteiger partial charge in [-0.25, -0.2) is 35.1 Å². The van der Waals surface area contributed by atoms with E-state index in [0.717, 1.165) is 36.4 Å². The second-order valence-electron chi connectivity index (χ2n) is 7.57. The third-order valence-electron chi connectivity index (χ3n) is 5.62. The minimum Gasteiger partial charge on any atom is -0.206 e. The highest BCUT2D eigenvalue weighted by Gasteiger charge is 2.25. The summed E-state index contributed by atoms with van der Waals surface area (Å²) < 4.78 is 115. The summed E-state index contributed by atoms with van der Waals surface area (Å²) >= 11 is 0. The lowest BCUT2D eigenvalue weighted by atomic mass is 9.85. The molecule has 0 aliphatic heterocycles. The Labute approximate surface area is 186 Å². The van der Waals surface area contributed by atoms with Crippen molar-refractivity contribution in [3.05, 3.63) is 107 Å². The molecule has 0 aliphatic carbocycles. The predicted molar refractivity (Wildman–Crippen MR) is 112 cm³/mol. The Hall–Kier alpha value is -3.94. The molecule has 0 heterocycles. The topological polar surface area (TPSA) is 0 Å². The van der Waals surface area contributed by atoms with E-state index < -0.39 is 68.4 Å². The Morgan fingerprint density at radius 2 is 0.912 bits per heavy atom. The average Bonchev–Trinajstić information content (AvgIpc) is 2.80. The quantitative estimate of drug-likeness (QED) is 0.137. The van der Waals surface area contributed by atoms with E-state index in [-0.39, 0.29) is 21.9 Å². The molecule has 0 radical (unpaired) electrons. The summed E-state index contributed by atoms with van der Waals surface area (Å²) in [5, 5.41) is -1.46. The first kappa shape index (κ1) is 21.9. The molecule has 34 heavy (non-hydrogen) atoms. The van der Waals surface area contributed by atoms with Crippen LogP contribution in [-0.4, -0.2) is 0 Å². The maximum absolute atomic E-state index is 15.2. The first-order valence-corrected chi connectivity index (χ1v) is 9.81. The van der Waals surface area contributed by atoms with Crippen molar-refractivity contribution in [1.29, 1.82) is 0 Å². The van der Waals surface area contributed by atoms with Crippen LogP contribution in [0.15, 0.2) is 60.7 Å². The zero-order valence-electron chi connectivity index (χ0n) is 16.8. The Morgan fingerprint density at radius 1 is 0.382 bits per heavy atom. The van der Waals surface area contributed by atoms with Gasteiger partial charge in [0.05, 0.1) is 0 Å². The molecule has 5 aromatic rings. The first-order chi connectivity index (χ1) is 16.2. The molecule has 0 atom stereocenters. The molecule has 0 nitrogen and oxygen atoms in total. The SMILES string of the molecule is Fc1ccc(-c2c3cccc(F)c3c(-c3cc(F)c(F)c(F)c3)c3c(F)ccc(F)c23)cc1F. The lowest BCUT2D eigenvalue weighted by Crippen LogP contribution is -1.99. The summed E-state index contributed by atoms with van der Waals surface area (Å²) in [5.41, 5.74) is -1.12. The molecule has 0 aromatic heterocycles. The summed E-state index contributed by atoms with van der Waals surface area (Å²) in [4.78, 5) is 0. The van der Waals surface area contributed by atoms with Gasteiger partial charge in [0.2, 0.25) is 0 Å². The van der Waals surface area contributed by atoms with Crippen LogP contribution in [0.3, 0.4) is 0 Å². The highest BCUT2D eigenvalue weighted by Crippen LogP contribution is 2.46. The molecule has 5 aromatic carbocycles. The normalized spacial score (nSPS) is 11.5. The largest absolute Gasteiger partial charge is 0.206 e. The van der Waals surface area contributed by atoms with Crippen molar-refractivity contribution in [1.82, 2.24) is 0 Å². The fraction of sp³-hybridized carbons (Fsp3) is 0. The van der Waals surface area contributed by atoms with Crippen LogP contribution in [0.1, 0.15) is 0 Å². The lowest BCUT2D eigenvalue weighted by molar-refractivity contribution is 0.448. The van der Waals surface area contributed by atoms with Gasteiger partial charge >= 0.3 is 0 Å². The van der Waals surface area contributed by atoms with Gasteiger partial charge < -0.3 is 0 Å². The molecule has 0 N–H and O–H groups in total. The van der Waals surface area contributed by atoms with Gasteiger partial charge in [-0.2, -0.15) is 0 Å². The predicted octanol–water partition coefficient (Wildman–Crippen LogP) is 8.44. The fourth-order valence-corrected chi connectivity index (χ4v) is 4.23. The monoisotopic (exact) mass is 474 g/mol. The molecule has 5 rings (SSSR count). The van der Waals surface area contributed by atoms with Gasteiger partial charge in [0.25, 0.3) is 0 Å². The van der Waals surface area contributed by atoms with Gasteiger partial charge in [0.1, 0.15) is 17.5 Å². The van der Waals surface area contributed by atoms with Crippen molar-refractivity contribution >= 4 is 21.5 Å². The first-order valence-electron chi connectivity index (χ1n) is 9.81. The smallest absolute Gasteiger partial charge is 0.194 e. The molecule has 170 valence electrons. The molecular formula is C26H10F8.